The molecule has 0 heterocycles. The molecule has 0 aromatic carbocycles. The molecule has 7 nitrogen and oxygen atoms in total. The van der Waals surface area contributed by atoms with Crippen molar-refractivity contribution < 1.29 is 27.9 Å². The molecular weight excluding hydrogens is 274 g/mol. The molecule has 0 bridgehead atoms. The SMILES string of the molecule is CCOC(=O)CCS(=O)(=O)N(CCC(=O)O)C1CC1. The minimum Gasteiger partial charge on any atom is -0.481 e. The lowest BCUT2D eigenvalue weighted by molar-refractivity contribution is -0.142. The van der Waals surface area contributed by atoms with Crippen LogP contribution in [0.25, 0.3) is 0 Å². The van der Waals surface area contributed by atoms with E-state index in [-0.39, 0.29) is 37.8 Å². The van der Waals surface area contributed by atoms with Gasteiger partial charge in [0.25, 0.3) is 0 Å². The van der Waals surface area contributed by atoms with Gasteiger partial charge in [-0.3, -0.25) is 9.59 Å². The van der Waals surface area contributed by atoms with Gasteiger partial charge in [0.05, 0.1) is 25.2 Å². The third-order valence-corrected chi connectivity index (χ3v) is 4.64. The lowest BCUT2D eigenvalue weighted by Crippen LogP contribution is -2.37. The first-order valence-corrected chi connectivity index (χ1v) is 7.84. The second-order valence-electron chi connectivity index (χ2n) is 4.36. The molecule has 8 heteroatoms. The van der Waals surface area contributed by atoms with Crippen molar-refractivity contribution in [3.63, 3.8) is 0 Å². The minimum absolute atomic E-state index is 0.0365. The Kier molecular flexibility index (Phi) is 5.74. The molecule has 0 aromatic rings. The number of carbonyl (C=O) groups excluding carboxylic acids is 1. The molecule has 1 rings (SSSR count). The summed E-state index contributed by atoms with van der Waals surface area (Å²) >= 11 is 0. The summed E-state index contributed by atoms with van der Waals surface area (Å²) in [4.78, 5) is 21.7. The van der Waals surface area contributed by atoms with Crippen molar-refractivity contribution in [2.75, 3.05) is 18.9 Å². The first kappa shape index (κ1) is 15.9. The van der Waals surface area contributed by atoms with E-state index in [0.717, 1.165) is 12.8 Å². The van der Waals surface area contributed by atoms with Gasteiger partial charge in [0.2, 0.25) is 10.0 Å². The zero-order valence-corrected chi connectivity index (χ0v) is 11.7. The fourth-order valence-electron chi connectivity index (χ4n) is 1.68. The predicted octanol–water partition coefficient (Wildman–Crippen LogP) is 0.209. The summed E-state index contributed by atoms with van der Waals surface area (Å²) < 4.78 is 30.0. The summed E-state index contributed by atoms with van der Waals surface area (Å²) in [5.74, 6) is -1.92. The topological polar surface area (TPSA) is 101 Å². The second kappa shape index (κ2) is 6.85. The van der Waals surface area contributed by atoms with Crippen LogP contribution in [0.5, 0.6) is 0 Å². The van der Waals surface area contributed by atoms with Crippen LogP contribution in [0.15, 0.2) is 0 Å². The molecule has 0 atom stereocenters. The van der Waals surface area contributed by atoms with Crippen LogP contribution in [-0.2, 0) is 24.3 Å². The second-order valence-corrected chi connectivity index (χ2v) is 6.40. The fourth-order valence-corrected chi connectivity index (χ4v) is 3.37. The lowest BCUT2D eigenvalue weighted by atomic mass is 10.4. The van der Waals surface area contributed by atoms with E-state index in [2.05, 4.69) is 4.74 Å². The summed E-state index contributed by atoms with van der Waals surface area (Å²) in [6.07, 6.45) is 1.07. The Hall–Kier alpha value is -1.15. The maximum Gasteiger partial charge on any atom is 0.306 e. The van der Waals surface area contributed by atoms with E-state index < -0.39 is 22.0 Å². The lowest BCUT2D eigenvalue weighted by Gasteiger charge is -2.20. The highest BCUT2D eigenvalue weighted by molar-refractivity contribution is 7.89. The Balaban J connectivity index is 2.55. The van der Waals surface area contributed by atoms with Crippen molar-refractivity contribution in [1.82, 2.24) is 4.31 Å². The van der Waals surface area contributed by atoms with Crippen LogP contribution in [-0.4, -0.2) is 54.7 Å². The Morgan fingerprint density at radius 1 is 1.32 bits per heavy atom. The van der Waals surface area contributed by atoms with Crippen LogP contribution in [0.4, 0.5) is 0 Å². The zero-order chi connectivity index (χ0) is 14.5. The van der Waals surface area contributed by atoms with Gasteiger partial charge < -0.3 is 9.84 Å². The van der Waals surface area contributed by atoms with Crippen molar-refractivity contribution in [3.05, 3.63) is 0 Å². The molecule has 1 aliphatic carbocycles. The molecule has 1 fully saturated rings. The molecule has 0 radical (unpaired) electrons. The summed E-state index contributed by atoms with van der Waals surface area (Å²) in [6, 6.07) is -0.105. The molecule has 1 N–H and O–H groups in total. The Bertz CT molecular complexity index is 428. The first-order chi connectivity index (χ1) is 8.86. The molecule has 110 valence electrons. The molecule has 0 saturated heterocycles. The van der Waals surface area contributed by atoms with Gasteiger partial charge in [-0.1, -0.05) is 0 Å². The molecule has 0 amide bonds. The van der Waals surface area contributed by atoms with E-state index in [1.807, 2.05) is 0 Å². The molecule has 0 unspecified atom stereocenters. The monoisotopic (exact) mass is 293 g/mol. The van der Waals surface area contributed by atoms with E-state index in [0.29, 0.717) is 0 Å². The third kappa shape index (κ3) is 5.56. The molecular formula is C11H19NO6S. The quantitative estimate of drug-likeness (QED) is 0.610. The number of sulfonamides is 1. The number of hydrogen-bond donors (Lipinski definition) is 1. The van der Waals surface area contributed by atoms with Crippen LogP contribution in [0.1, 0.15) is 32.6 Å². The normalized spacial score (nSPS) is 15.5. The molecule has 0 aliphatic heterocycles. The molecule has 0 spiro atoms. The Labute approximate surface area is 112 Å². The van der Waals surface area contributed by atoms with Gasteiger partial charge in [-0.15, -0.1) is 0 Å². The van der Waals surface area contributed by atoms with Crippen molar-refractivity contribution in [1.29, 1.82) is 0 Å². The molecule has 0 aromatic heterocycles. The van der Waals surface area contributed by atoms with Crippen molar-refractivity contribution >= 4 is 22.0 Å². The van der Waals surface area contributed by atoms with Crippen LogP contribution >= 0.6 is 0 Å². The van der Waals surface area contributed by atoms with Crippen LogP contribution in [0.2, 0.25) is 0 Å². The zero-order valence-electron chi connectivity index (χ0n) is 10.9. The van der Waals surface area contributed by atoms with Crippen LogP contribution in [0.3, 0.4) is 0 Å². The fraction of sp³-hybridized carbons (Fsp3) is 0.818. The van der Waals surface area contributed by atoms with Gasteiger partial charge in [0.15, 0.2) is 0 Å². The van der Waals surface area contributed by atoms with E-state index in [1.165, 1.54) is 4.31 Å². The number of rotatable bonds is 9. The summed E-state index contributed by atoms with van der Waals surface area (Å²) in [6.45, 7) is 1.82. The van der Waals surface area contributed by atoms with Crippen molar-refractivity contribution in [2.24, 2.45) is 0 Å². The van der Waals surface area contributed by atoms with Crippen LogP contribution in [0, 0.1) is 0 Å². The maximum atomic E-state index is 12.1. The number of hydrogen-bond acceptors (Lipinski definition) is 5. The number of carboxylic acid groups (broad SMARTS) is 1. The molecule has 1 aliphatic rings. The van der Waals surface area contributed by atoms with Crippen molar-refractivity contribution in [2.45, 2.75) is 38.6 Å². The van der Waals surface area contributed by atoms with E-state index in [1.54, 1.807) is 6.92 Å². The number of carbonyl (C=O) groups is 2. The van der Waals surface area contributed by atoms with Gasteiger partial charge in [0, 0.05) is 12.6 Å². The highest BCUT2D eigenvalue weighted by Crippen LogP contribution is 2.29. The van der Waals surface area contributed by atoms with Gasteiger partial charge in [-0.2, -0.15) is 4.31 Å². The summed E-state index contributed by atoms with van der Waals surface area (Å²) in [5, 5.41) is 8.62. The highest BCUT2D eigenvalue weighted by Gasteiger charge is 2.37. The summed E-state index contributed by atoms with van der Waals surface area (Å²) in [5.41, 5.74) is 0. The smallest absolute Gasteiger partial charge is 0.306 e. The van der Waals surface area contributed by atoms with E-state index in [9.17, 15) is 18.0 Å². The van der Waals surface area contributed by atoms with E-state index in [4.69, 9.17) is 5.11 Å². The number of ether oxygens (including phenoxy) is 1. The van der Waals surface area contributed by atoms with Gasteiger partial charge in [0.1, 0.15) is 0 Å². The maximum absolute atomic E-state index is 12.1. The predicted molar refractivity (Wildman–Crippen MR) is 67.0 cm³/mol. The number of nitrogens with zero attached hydrogens (tertiary/aromatic N) is 1. The van der Waals surface area contributed by atoms with Gasteiger partial charge in [-0.25, -0.2) is 8.42 Å². The van der Waals surface area contributed by atoms with Gasteiger partial charge >= 0.3 is 11.9 Å². The average molecular weight is 293 g/mol. The average Bonchev–Trinajstić information content (AvgIpc) is 3.11. The first-order valence-electron chi connectivity index (χ1n) is 6.23. The standard InChI is InChI=1S/C11H19NO6S/c1-2-18-11(15)6-8-19(16,17)12(9-3-4-9)7-5-10(13)14/h9H,2-8H2,1H3,(H,13,14). The van der Waals surface area contributed by atoms with Crippen LogP contribution < -0.4 is 0 Å². The number of aliphatic carboxylic acids is 1. The number of carboxylic acids is 1. The van der Waals surface area contributed by atoms with Gasteiger partial charge in [-0.05, 0) is 19.8 Å². The largest absolute Gasteiger partial charge is 0.481 e. The highest BCUT2D eigenvalue weighted by atomic mass is 32.2. The number of esters is 1. The summed E-state index contributed by atoms with van der Waals surface area (Å²) in [7, 11) is -3.60. The molecule has 1 saturated carbocycles. The third-order valence-electron chi connectivity index (χ3n) is 2.73. The van der Waals surface area contributed by atoms with Crippen molar-refractivity contribution in [3.8, 4) is 0 Å². The molecule has 19 heavy (non-hydrogen) atoms. The Morgan fingerprint density at radius 2 is 1.95 bits per heavy atom. The van der Waals surface area contributed by atoms with E-state index >= 15 is 0 Å². The minimum atomic E-state index is -3.60. The Morgan fingerprint density at radius 3 is 2.42 bits per heavy atom.